The Balaban J connectivity index is 1.01. The maximum absolute atomic E-state index is 13.9. The van der Waals surface area contributed by atoms with Crippen LogP contribution >= 0.6 is 11.8 Å². The number of rotatable bonds is 24. The largest absolute Gasteiger partial charge is 0.481 e. The van der Waals surface area contributed by atoms with Crippen LogP contribution in [0.3, 0.4) is 0 Å². The zero-order valence-corrected chi connectivity index (χ0v) is 36.6. The Morgan fingerprint density at radius 2 is 1.43 bits per heavy atom. The van der Waals surface area contributed by atoms with Crippen LogP contribution in [0.25, 0.3) is 5.69 Å². The Bertz CT molecular complexity index is 2390. The number of benzene rings is 4. The number of piperidine rings is 1. The number of nitrogens with zero attached hydrogens (tertiary/aromatic N) is 3. The lowest BCUT2D eigenvalue weighted by Gasteiger charge is -2.29. The van der Waals surface area contributed by atoms with Crippen LogP contribution in [0.15, 0.2) is 108 Å². The summed E-state index contributed by atoms with van der Waals surface area (Å²) >= 11 is 1.58. The smallest absolute Gasteiger partial charge is 0.416 e. The van der Waals surface area contributed by atoms with E-state index in [1.54, 1.807) is 42.1 Å². The summed E-state index contributed by atoms with van der Waals surface area (Å²) in [5.74, 6) is -1.09. The Hall–Kier alpha value is -6.01. The summed E-state index contributed by atoms with van der Waals surface area (Å²) in [7, 11) is 0. The van der Waals surface area contributed by atoms with Crippen LogP contribution in [0.1, 0.15) is 75.9 Å². The first-order valence-electron chi connectivity index (χ1n) is 21.4. The zero-order chi connectivity index (χ0) is 46.0. The van der Waals surface area contributed by atoms with Gasteiger partial charge in [0.1, 0.15) is 5.78 Å². The third-order valence-corrected chi connectivity index (χ3v) is 11.4. The number of carbonyl (C=O) groups excluding carboxylic acids is 3. The molecule has 1 fully saturated rings. The predicted octanol–water partition coefficient (Wildman–Crippen LogP) is 9.09. The second-order valence-electron chi connectivity index (χ2n) is 15.3. The number of aromatic nitrogens is 2. The topological polar surface area (TPSA) is 161 Å². The number of ketones is 1. The van der Waals surface area contributed by atoms with Crippen molar-refractivity contribution in [2.75, 3.05) is 68.3 Å². The molecule has 3 N–H and O–H groups in total. The van der Waals surface area contributed by atoms with Crippen molar-refractivity contribution >= 4 is 52.5 Å². The van der Waals surface area contributed by atoms with Crippen molar-refractivity contribution in [2.24, 2.45) is 0 Å². The molecule has 1 saturated heterocycles. The van der Waals surface area contributed by atoms with Gasteiger partial charge >= 0.3 is 12.1 Å². The molecule has 5 aromatic rings. The maximum atomic E-state index is 13.9. The van der Waals surface area contributed by atoms with Gasteiger partial charge in [-0.15, -0.1) is 11.8 Å². The fourth-order valence-corrected chi connectivity index (χ4v) is 7.94. The average Bonchev–Trinajstić information content (AvgIpc) is 3.77. The Kier molecular flexibility index (Phi) is 18.1. The zero-order valence-electron chi connectivity index (χ0n) is 35.8. The molecule has 0 spiro atoms. The number of carbonyl (C=O) groups is 4. The van der Waals surface area contributed by atoms with Crippen molar-refractivity contribution in [2.45, 2.75) is 61.8 Å². The summed E-state index contributed by atoms with van der Waals surface area (Å²) in [6.45, 7) is 3.67. The molecule has 6 rings (SSSR count). The van der Waals surface area contributed by atoms with Crippen LogP contribution in [0.5, 0.6) is 0 Å². The number of anilines is 3. The van der Waals surface area contributed by atoms with E-state index < -0.39 is 29.5 Å². The highest BCUT2D eigenvalue weighted by molar-refractivity contribution is 7.98. The van der Waals surface area contributed by atoms with Crippen molar-refractivity contribution < 1.29 is 51.7 Å². The van der Waals surface area contributed by atoms with Gasteiger partial charge in [-0.2, -0.15) is 18.3 Å². The Morgan fingerprint density at radius 1 is 0.708 bits per heavy atom. The van der Waals surface area contributed by atoms with Crippen LogP contribution in [0.4, 0.5) is 30.4 Å². The molecule has 2 heterocycles. The van der Waals surface area contributed by atoms with Crippen LogP contribution in [-0.2, 0) is 42.1 Å². The van der Waals surface area contributed by atoms with Gasteiger partial charge in [0, 0.05) is 66.7 Å². The number of ether oxygens (including phenoxy) is 3. The van der Waals surface area contributed by atoms with Gasteiger partial charge in [0.05, 0.1) is 62.0 Å². The standard InChI is InChI=1S/C48H52F3N5O8S/c49-48(50,51)37-11-6-12-39(31-37)56-21-17-44(54-56)53-47(61)42-32-38(55-19-2-1-3-20-55)15-16-43(42)52-46(60)36-10-4-9-35(28-36)33-65-41-14-5-8-34(30-41)29-40(57)13-7-22-62-24-26-64-27-25-63-23-18-45(58)59/h4-6,8-12,14-17,21,28,30-32H,1-3,7,13,18-20,22-27,29,33H2,(H,52,60)(H,58,59)(H,53,54,61). The molecule has 344 valence electrons. The number of carboxylic acids is 1. The second kappa shape index (κ2) is 24.3. The first kappa shape index (κ1) is 48.4. The first-order valence-corrected chi connectivity index (χ1v) is 22.4. The van der Waals surface area contributed by atoms with Gasteiger partial charge in [-0.05, 0) is 97.5 Å². The van der Waals surface area contributed by atoms with E-state index in [0.717, 1.165) is 66.2 Å². The number of Topliss-reactive ketones (excluding diaryl/α,β-unsaturated/α-hetero) is 1. The lowest BCUT2D eigenvalue weighted by molar-refractivity contribution is -0.139. The molecular weight excluding hydrogens is 864 g/mol. The summed E-state index contributed by atoms with van der Waals surface area (Å²) < 4.78 is 57.4. The lowest BCUT2D eigenvalue weighted by atomic mass is 10.1. The number of hydrogen-bond donors (Lipinski definition) is 3. The maximum Gasteiger partial charge on any atom is 0.416 e. The normalized spacial score (nSPS) is 12.8. The number of aliphatic carboxylic acids is 1. The molecule has 0 aliphatic carbocycles. The summed E-state index contributed by atoms with van der Waals surface area (Å²) in [5.41, 5.74) is 2.86. The second-order valence-corrected chi connectivity index (χ2v) is 16.4. The number of amides is 2. The quantitative estimate of drug-likeness (QED) is 0.0400. The molecule has 17 heteroatoms. The Labute approximate surface area is 379 Å². The van der Waals surface area contributed by atoms with Gasteiger partial charge in [-0.1, -0.05) is 30.3 Å². The number of hydrogen-bond acceptors (Lipinski definition) is 10. The number of carboxylic acid groups (broad SMARTS) is 1. The fraction of sp³-hybridized carbons (Fsp3) is 0.354. The molecule has 0 atom stereocenters. The molecule has 0 saturated carbocycles. The van der Waals surface area contributed by atoms with Crippen molar-refractivity contribution in [1.82, 2.24) is 9.78 Å². The van der Waals surface area contributed by atoms with Gasteiger partial charge in [0.15, 0.2) is 5.82 Å². The molecule has 1 aliphatic heterocycles. The van der Waals surface area contributed by atoms with E-state index in [1.165, 1.54) is 29.1 Å². The highest BCUT2D eigenvalue weighted by Gasteiger charge is 2.30. The number of thioether (sulfide) groups is 1. The van der Waals surface area contributed by atoms with E-state index >= 15 is 0 Å². The van der Waals surface area contributed by atoms with Crippen LogP contribution in [-0.4, -0.2) is 91.2 Å². The fourth-order valence-electron chi connectivity index (χ4n) is 7.02. The van der Waals surface area contributed by atoms with Gasteiger partial charge in [-0.3, -0.25) is 19.2 Å². The molecule has 1 aliphatic rings. The van der Waals surface area contributed by atoms with E-state index in [1.807, 2.05) is 36.4 Å². The highest BCUT2D eigenvalue weighted by atomic mass is 32.2. The molecule has 65 heavy (non-hydrogen) atoms. The monoisotopic (exact) mass is 915 g/mol. The number of alkyl halides is 3. The van der Waals surface area contributed by atoms with Gasteiger partial charge in [-0.25, -0.2) is 4.68 Å². The van der Waals surface area contributed by atoms with Gasteiger partial charge < -0.3 is 34.9 Å². The van der Waals surface area contributed by atoms with E-state index in [2.05, 4.69) is 20.6 Å². The molecular formula is C48H52F3N5O8S. The molecule has 2 amide bonds. The summed E-state index contributed by atoms with van der Waals surface area (Å²) in [6.07, 6.45) is 1.32. The van der Waals surface area contributed by atoms with Crippen molar-refractivity contribution in [3.05, 3.63) is 131 Å². The molecule has 0 radical (unpaired) electrons. The highest BCUT2D eigenvalue weighted by Crippen LogP contribution is 2.31. The summed E-state index contributed by atoms with van der Waals surface area (Å²) in [6, 6.07) is 26.6. The number of halogens is 3. The molecule has 0 bridgehead atoms. The molecule has 13 nitrogen and oxygen atoms in total. The lowest BCUT2D eigenvalue weighted by Crippen LogP contribution is -2.29. The summed E-state index contributed by atoms with van der Waals surface area (Å²) in [5, 5.41) is 18.6. The minimum atomic E-state index is -4.53. The SMILES string of the molecule is O=C(O)CCOCCOCCOCCCC(=O)Cc1cccc(SCc2cccc(C(=O)Nc3ccc(N4CCCCC4)cc3C(=O)Nc3ccn(-c4cccc(C(F)(F)F)c4)n3)c2)c1. The molecule has 1 aromatic heterocycles. The predicted molar refractivity (Wildman–Crippen MR) is 242 cm³/mol. The first-order chi connectivity index (χ1) is 31.4. The third kappa shape index (κ3) is 15.6. The van der Waals surface area contributed by atoms with Crippen LogP contribution in [0, 0.1) is 0 Å². The van der Waals surface area contributed by atoms with Crippen molar-refractivity contribution in [1.29, 1.82) is 0 Å². The van der Waals surface area contributed by atoms with Crippen LogP contribution < -0.4 is 15.5 Å². The van der Waals surface area contributed by atoms with Crippen molar-refractivity contribution in [3.63, 3.8) is 0 Å². The third-order valence-electron chi connectivity index (χ3n) is 10.3. The number of nitrogens with one attached hydrogen (secondary N) is 2. The van der Waals surface area contributed by atoms with E-state index in [-0.39, 0.29) is 41.6 Å². The van der Waals surface area contributed by atoms with Crippen LogP contribution in [0.2, 0.25) is 0 Å². The van der Waals surface area contributed by atoms with Crippen molar-refractivity contribution in [3.8, 4) is 5.69 Å². The van der Waals surface area contributed by atoms with E-state index in [0.29, 0.717) is 63.6 Å². The molecule has 0 unspecified atom stereocenters. The van der Waals surface area contributed by atoms with Gasteiger partial charge in [0.2, 0.25) is 0 Å². The van der Waals surface area contributed by atoms with E-state index in [4.69, 9.17) is 19.3 Å². The Morgan fingerprint density at radius 3 is 2.20 bits per heavy atom. The molecule has 4 aromatic carbocycles. The minimum absolute atomic E-state index is 0.0427. The van der Waals surface area contributed by atoms with Gasteiger partial charge in [0.25, 0.3) is 11.8 Å². The van der Waals surface area contributed by atoms with E-state index in [9.17, 15) is 32.3 Å². The minimum Gasteiger partial charge on any atom is -0.481 e. The summed E-state index contributed by atoms with van der Waals surface area (Å²) in [4.78, 5) is 54.0. The average molecular weight is 916 g/mol.